The molecule has 0 aromatic heterocycles. The van der Waals surface area contributed by atoms with Crippen LogP contribution in [0.25, 0.3) is 6.08 Å². The van der Waals surface area contributed by atoms with E-state index in [1.165, 1.54) is 7.11 Å². The summed E-state index contributed by atoms with van der Waals surface area (Å²) >= 11 is 5.85. The number of benzene rings is 3. The van der Waals surface area contributed by atoms with Gasteiger partial charge in [-0.25, -0.2) is 4.79 Å². The smallest absolute Gasteiger partial charge is 0.343 e. The largest absolute Gasteiger partial charge is 0.497 e. The predicted molar refractivity (Wildman–Crippen MR) is 115 cm³/mol. The number of halogens is 1. The zero-order chi connectivity index (χ0) is 22.0. The molecule has 0 saturated carbocycles. The third-order valence-corrected chi connectivity index (χ3v) is 4.90. The van der Waals surface area contributed by atoms with Gasteiger partial charge in [-0.05, 0) is 60.2 Å². The zero-order valence-corrected chi connectivity index (χ0v) is 17.4. The van der Waals surface area contributed by atoms with Crippen LogP contribution in [0.1, 0.15) is 26.3 Å². The molecule has 0 unspecified atom stereocenters. The SMILES string of the molecule is COc1ccc2c(c1)O/C(=C\c1ccc(OC(=O)c3ccc(Cl)cc3)c(OC)c1)C2=O. The summed E-state index contributed by atoms with van der Waals surface area (Å²) < 4.78 is 21.7. The second-order valence-corrected chi connectivity index (χ2v) is 7.05. The topological polar surface area (TPSA) is 71.1 Å². The third-order valence-electron chi connectivity index (χ3n) is 4.65. The van der Waals surface area contributed by atoms with Crippen LogP contribution in [-0.4, -0.2) is 26.0 Å². The number of ether oxygens (including phenoxy) is 4. The van der Waals surface area contributed by atoms with Gasteiger partial charge in [0.25, 0.3) is 0 Å². The van der Waals surface area contributed by atoms with Gasteiger partial charge < -0.3 is 18.9 Å². The monoisotopic (exact) mass is 436 g/mol. The van der Waals surface area contributed by atoms with Crippen molar-refractivity contribution in [3.8, 4) is 23.0 Å². The van der Waals surface area contributed by atoms with E-state index in [0.717, 1.165) is 0 Å². The summed E-state index contributed by atoms with van der Waals surface area (Å²) in [6, 6.07) is 16.3. The van der Waals surface area contributed by atoms with Crippen LogP contribution in [0, 0.1) is 0 Å². The Labute approximate surface area is 183 Å². The van der Waals surface area contributed by atoms with E-state index in [1.807, 2.05) is 0 Å². The Hall–Kier alpha value is -3.77. The molecular formula is C24H17ClO6. The van der Waals surface area contributed by atoms with Crippen molar-refractivity contribution in [1.82, 2.24) is 0 Å². The van der Waals surface area contributed by atoms with Crippen LogP contribution in [0.2, 0.25) is 5.02 Å². The van der Waals surface area contributed by atoms with Crippen molar-refractivity contribution in [3.63, 3.8) is 0 Å². The summed E-state index contributed by atoms with van der Waals surface area (Å²) in [6.45, 7) is 0. The number of allylic oxidation sites excluding steroid dienone is 1. The molecule has 7 heteroatoms. The lowest BCUT2D eigenvalue weighted by molar-refractivity contribution is 0.0729. The molecule has 1 aliphatic heterocycles. The Morgan fingerprint density at radius 3 is 2.42 bits per heavy atom. The molecular weight excluding hydrogens is 420 g/mol. The molecule has 3 aromatic rings. The molecule has 0 amide bonds. The number of carbonyl (C=O) groups excluding carboxylic acids is 2. The first-order valence-electron chi connectivity index (χ1n) is 9.26. The van der Waals surface area contributed by atoms with Crippen LogP contribution < -0.4 is 18.9 Å². The minimum atomic E-state index is -0.542. The third kappa shape index (κ3) is 4.25. The summed E-state index contributed by atoms with van der Waals surface area (Å²) in [7, 11) is 3.01. The van der Waals surface area contributed by atoms with Gasteiger partial charge in [-0.15, -0.1) is 0 Å². The van der Waals surface area contributed by atoms with Crippen LogP contribution >= 0.6 is 11.6 Å². The molecule has 0 spiro atoms. The highest BCUT2D eigenvalue weighted by atomic mass is 35.5. The van der Waals surface area contributed by atoms with Crippen molar-refractivity contribution < 1.29 is 28.5 Å². The average molecular weight is 437 g/mol. The fraction of sp³-hybridized carbons (Fsp3) is 0.0833. The quantitative estimate of drug-likeness (QED) is 0.311. The number of Topliss-reactive ketones (excluding diaryl/α,β-unsaturated/α-hetero) is 1. The van der Waals surface area contributed by atoms with Gasteiger partial charge in [-0.2, -0.15) is 0 Å². The number of methoxy groups -OCH3 is 2. The van der Waals surface area contributed by atoms with E-state index >= 15 is 0 Å². The van der Waals surface area contributed by atoms with E-state index in [1.54, 1.807) is 73.8 Å². The maximum absolute atomic E-state index is 12.6. The first-order chi connectivity index (χ1) is 15.0. The van der Waals surface area contributed by atoms with Crippen molar-refractivity contribution in [3.05, 3.63) is 88.1 Å². The minimum Gasteiger partial charge on any atom is -0.497 e. The number of rotatable bonds is 5. The lowest BCUT2D eigenvalue weighted by atomic mass is 10.1. The number of hydrogen-bond acceptors (Lipinski definition) is 6. The van der Waals surface area contributed by atoms with E-state index in [-0.39, 0.29) is 17.3 Å². The summed E-state index contributed by atoms with van der Waals surface area (Å²) in [5, 5.41) is 0.524. The summed E-state index contributed by atoms with van der Waals surface area (Å²) in [6.07, 6.45) is 1.60. The van der Waals surface area contributed by atoms with E-state index < -0.39 is 5.97 Å². The van der Waals surface area contributed by atoms with Crippen LogP contribution in [0.15, 0.2) is 66.4 Å². The van der Waals surface area contributed by atoms with Gasteiger partial charge in [0.05, 0.1) is 25.3 Å². The van der Waals surface area contributed by atoms with Crippen LogP contribution in [-0.2, 0) is 0 Å². The van der Waals surface area contributed by atoms with E-state index in [2.05, 4.69) is 0 Å². The highest BCUT2D eigenvalue weighted by Crippen LogP contribution is 2.36. The Morgan fingerprint density at radius 2 is 1.71 bits per heavy atom. The molecule has 1 aliphatic rings. The van der Waals surface area contributed by atoms with Gasteiger partial charge in [0.2, 0.25) is 5.78 Å². The zero-order valence-electron chi connectivity index (χ0n) is 16.7. The Kier molecular flexibility index (Phi) is 5.64. The molecule has 0 bridgehead atoms. The van der Waals surface area contributed by atoms with E-state index in [0.29, 0.717) is 39.0 Å². The highest BCUT2D eigenvalue weighted by Gasteiger charge is 2.27. The molecule has 0 radical (unpaired) electrons. The molecule has 0 saturated heterocycles. The lowest BCUT2D eigenvalue weighted by Gasteiger charge is -2.10. The molecule has 4 rings (SSSR count). The average Bonchev–Trinajstić information content (AvgIpc) is 3.09. The van der Waals surface area contributed by atoms with Crippen LogP contribution in [0.3, 0.4) is 0 Å². The van der Waals surface area contributed by atoms with Gasteiger partial charge in [-0.3, -0.25) is 4.79 Å². The number of carbonyl (C=O) groups is 2. The van der Waals surface area contributed by atoms with Gasteiger partial charge in [0.15, 0.2) is 17.3 Å². The Bertz CT molecular complexity index is 1200. The number of hydrogen-bond donors (Lipinski definition) is 0. The molecule has 156 valence electrons. The molecule has 0 N–H and O–H groups in total. The summed E-state index contributed by atoms with van der Waals surface area (Å²) in [4.78, 5) is 25.0. The lowest BCUT2D eigenvalue weighted by Crippen LogP contribution is -2.09. The normalized spacial score (nSPS) is 13.5. The second-order valence-electron chi connectivity index (χ2n) is 6.61. The molecule has 0 aliphatic carbocycles. The predicted octanol–water partition coefficient (Wildman–Crippen LogP) is 5.19. The molecule has 0 fully saturated rings. The first kappa shape index (κ1) is 20.5. The Balaban J connectivity index is 1.56. The highest BCUT2D eigenvalue weighted by molar-refractivity contribution is 6.30. The molecule has 6 nitrogen and oxygen atoms in total. The van der Waals surface area contributed by atoms with Crippen molar-refractivity contribution in [2.45, 2.75) is 0 Å². The van der Waals surface area contributed by atoms with Crippen molar-refractivity contribution in [2.24, 2.45) is 0 Å². The van der Waals surface area contributed by atoms with Gasteiger partial charge in [0, 0.05) is 11.1 Å². The van der Waals surface area contributed by atoms with Crippen LogP contribution in [0.4, 0.5) is 0 Å². The second kappa shape index (κ2) is 8.53. The van der Waals surface area contributed by atoms with Crippen molar-refractivity contribution >= 4 is 29.4 Å². The van der Waals surface area contributed by atoms with Gasteiger partial charge in [0.1, 0.15) is 11.5 Å². The molecule has 31 heavy (non-hydrogen) atoms. The number of ketones is 1. The van der Waals surface area contributed by atoms with E-state index in [4.69, 9.17) is 30.5 Å². The minimum absolute atomic E-state index is 0.177. The summed E-state index contributed by atoms with van der Waals surface area (Å²) in [5.74, 6) is 1.03. The molecule has 1 heterocycles. The molecule has 3 aromatic carbocycles. The summed E-state index contributed by atoms with van der Waals surface area (Å²) in [5.41, 5.74) is 1.47. The fourth-order valence-corrected chi connectivity index (χ4v) is 3.17. The Morgan fingerprint density at radius 1 is 0.935 bits per heavy atom. The maximum atomic E-state index is 12.6. The van der Waals surface area contributed by atoms with E-state index in [9.17, 15) is 9.59 Å². The fourth-order valence-electron chi connectivity index (χ4n) is 3.05. The van der Waals surface area contributed by atoms with Crippen molar-refractivity contribution in [2.75, 3.05) is 14.2 Å². The molecule has 0 atom stereocenters. The van der Waals surface area contributed by atoms with Crippen molar-refractivity contribution in [1.29, 1.82) is 0 Å². The van der Waals surface area contributed by atoms with Gasteiger partial charge >= 0.3 is 5.97 Å². The number of fused-ring (bicyclic) bond motifs is 1. The van der Waals surface area contributed by atoms with Gasteiger partial charge in [-0.1, -0.05) is 17.7 Å². The number of esters is 1. The standard InChI is InChI=1S/C24H17ClO6/c1-28-17-8-9-18-20(13-17)30-22(23(18)26)12-14-3-10-19(21(11-14)29-2)31-24(27)15-4-6-16(25)7-5-15/h3-13H,1-2H3/b22-12-. The first-order valence-corrected chi connectivity index (χ1v) is 9.64. The van der Waals surface area contributed by atoms with Crippen LogP contribution in [0.5, 0.6) is 23.0 Å². The maximum Gasteiger partial charge on any atom is 0.343 e.